The van der Waals surface area contributed by atoms with Gasteiger partial charge in [-0.3, -0.25) is 9.36 Å². The first-order valence-electron chi connectivity index (χ1n) is 26.1. The van der Waals surface area contributed by atoms with Gasteiger partial charge in [0.05, 0.1) is 59.6 Å². The fourth-order valence-electron chi connectivity index (χ4n) is 11.0. The Kier molecular flexibility index (Phi) is 14.6. The third-order valence-corrected chi connectivity index (χ3v) is 14.2. The summed E-state index contributed by atoms with van der Waals surface area (Å²) in [6, 6.07) is 0.583. The second kappa shape index (κ2) is 20.9. The lowest BCUT2D eigenvalue weighted by molar-refractivity contribution is -0.00805. The maximum atomic E-state index is 12.8. The summed E-state index contributed by atoms with van der Waals surface area (Å²) in [5.74, 6) is 1.84. The molecule has 2 saturated heterocycles. The van der Waals surface area contributed by atoms with E-state index in [0.29, 0.717) is 28.8 Å². The summed E-state index contributed by atoms with van der Waals surface area (Å²) in [4.78, 5) is 47.9. The lowest BCUT2D eigenvalue weighted by Crippen LogP contribution is -2.51. The number of allylic oxidation sites excluding steroid dienone is 2. The van der Waals surface area contributed by atoms with Gasteiger partial charge in [0.15, 0.2) is 22.9 Å². The number of amides is 2. The molecule has 6 aromatic rings. The van der Waals surface area contributed by atoms with Crippen molar-refractivity contribution in [3.8, 4) is 0 Å². The first-order chi connectivity index (χ1) is 34.4. The maximum absolute atomic E-state index is 12.8. The molecular formula is C52H74N16O4. The molecule has 0 aromatic carbocycles. The van der Waals surface area contributed by atoms with E-state index in [1.54, 1.807) is 17.2 Å². The minimum absolute atomic E-state index is 0.0481. The summed E-state index contributed by atoms with van der Waals surface area (Å²) in [5, 5.41) is 24.9. The number of hydrogen-bond acceptors (Lipinski definition) is 14. The standard InChI is InChI=1S/C26H38N8O2.C26H36N8O2/c2*1-17-11-21(12-18(2)34(17)25(35)36-26(3,4)5)32-14-20(13-28-32)30-23-24-27-16-29-33(24)15-22(31-23)19-9-7-6-8-10-19/h13-19,21H,6-12H2,1-5H3,(H,30,31);9,13-18,21H,6-8,10-12H2,1-5H3,(H,30,31)/t2*17-,18+,21?. The van der Waals surface area contributed by atoms with Gasteiger partial charge in [-0.1, -0.05) is 25.3 Å². The SMILES string of the molecule is C[C@@H]1CC(n2cc(Nc3nc(C4=CCCCC4)cn4ncnc34)cn2)C[C@H](C)N1C(=O)OC(C)(C)C.C[C@@H]1CC(n2cc(Nc3nc(C4CCCCC4)cn4ncnc34)cn2)C[C@H](C)N1C(=O)OC(C)(C)C. The summed E-state index contributed by atoms with van der Waals surface area (Å²) >= 11 is 0. The molecule has 8 heterocycles. The van der Waals surface area contributed by atoms with Crippen molar-refractivity contribution in [1.82, 2.24) is 68.5 Å². The molecule has 4 aliphatic rings. The van der Waals surface area contributed by atoms with Crippen LogP contribution in [0.4, 0.5) is 32.6 Å². The van der Waals surface area contributed by atoms with E-state index in [-0.39, 0.29) is 48.4 Å². The number of nitrogens with zero attached hydrogens (tertiary/aromatic N) is 14. The Morgan fingerprint density at radius 1 is 0.597 bits per heavy atom. The fourth-order valence-corrected chi connectivity index (χ4v) is 11.0. The van der Waals surface area contributed by atoms with Crippen molar-refractivity contribution in [3.63, 3.8) is 0 Å². The van der Waals surface area contributed by atoms with Crippen LogP contribution in [0.2, 0.25) is 0 Å². The van der Waals surface area contributed by atoms with E-state index in [1.165, 1.54) is 50.5 Å². The van der Waals surface area contributed by atoms with Crippen molar-refractivity contribution < 1.29 is 19.1 Å². The van der Waals surface area contributed by atoms with E-state index in [4.69, 9.17) is 19.4 Å². The van der Waals surface area contributed by atoms with E-state index >= 15 is 0 Å². The molecule has 386 valence electrons. The number of ether oxygens (including phenoxy) is 2. The van der Waals surface area contributed by atoms with Gasteiger partial charge in [0.1, 0.15) is 23.9 Å². The number of aromatic nitrogens is 12. The summed E-state index contributed by atoms with van der Waals surface area (Å²) in [5.41, 5.74) is 5.33. The van der Waals surface area contributed by atoms with Crippen molar-refractivity contribution in [2.75, 3.05) is 10.6 Å². The van der Waals surface area contributed by atoms with Crippen LogP contribution in [0.5, 0.6) is 0 Å². The topological polar surface area (TPSA) is 205 Å². The van der Waals surface area contributed by atoms with Crippen molar-refractivity contribution in [2.45, 2.75) is 206 Å². The molecule has 2 aliphatic carbocycles. The Balaban J connectivity index is 0.000000178. The van der Waals surface area contributed by atoms with Crippen molar-refractivity contribution in [3.05, 3.63) is 67.3 Å². The number of anilines is 4. The van der Waals surface area contributed by atoms with Gasteiger partial charge in [-0.2, -0.15) is 20.4 Å². The van der Waals surface area contributed by atoms with Gasteiger partial charge in [0, 0.05) is 42.5 Å². The Morgan fingerprint density at radius 2 is 1.08 bits per heavy atom. The Morgan fingerprint density at radius 3 is 1.56 bits per heavy atom. The first kappa shape index (κ1) is 50.3. The number of likely N-dealkylation sites (tertiary alicyclic amines) is 2. The Bertz CT molecular complexity index is 2840. The van der Waals surface area contributed by atoms with E-state index in [9.17, 15) is 9.59 Å². The van der Waals surface area contributed by atoms with Gasteiger partial charge < -0.3 is 29.9 Å². The van der Waals surface area contributed by atoms with Crippen LogP contribution in [0, 0.1) is 0 Å². The molecule has 10 rings (SSSR count). The number of fused-ring (bicyclic) bond motifs is 2. The van der Waals surface area contributed by atoms with Crippen LogP contribution < -0.4 is 10.6 Å². The largest absolute Gasteiger partial charge is 0.444 e. The molecule has 0 radical (unpaired) electrons. The van der Waals surface area contributed by atoms with Crippen molar-refractivity contribution >= 4 is 52.1 Å². The van der Waals surface area contributed by atoms with Crippen molar-refractivity contribution in [2.24, 2.45) is 0 Å². The lowest BCUT2D eigenvalue weighted by Gasteiger charge is -2.42. The monoisotopic (exact) mass is 987 g/mol. The van der Waals surface area contributed by atoms with Gasteiger partial charge in [0.25, 0.3) is 0 Å². The summed E-state index contributed by atoms with van der Waals surface area (Å²) in [6.45, 7) is 19.7. The zero-order valence-electron chi connectivity index (χ0n) is 43.8. The summed E-state index contributed by atoms with van der Waals surface area (Å²) < 4.78 is 18.9. The Hall–Kier alpha value is -6.60. The van der Waals surface area contributed by atoms with E-state index in [0.717, 1.165) is 61.3 Å². The molecular weight excluding hydrogens is 913 g/mol. The zero-order chi connectivity index (χ0) is 50.9. The fraction of sp³-hybridized carbons (Fsp3) is 0.615. The smallest absolute Gasteiger partial charge is 0.410 e. The highest BCUT2D eigenvalue weighted by molar-refractivity contribution is 5.73. The highest BCUT2D eigenvalue weighted by Crippen LogP contribution is 2.37. The summed E-state index contributed by atoms with van der Waals surface area (Å²) in [7, 11) is 0. The summed E-state index contributed by atoms with van der Waals surface area (Å²) in [6.07, 6.45) is 30.5. The van der Waals surface area contributed by atoms with E-state index < -0.39 is 11.2 Å². The lowest BCUT2D eigenvalue weighted by atomic mass is 9.87. The normalized spacial score (nSPS) is 23.3. The van der Waals surface area contributed by atoms with Gasteiger partial charge in [-0.15, -0.1) is 0 Å². The number of carbonyl (C=O) groups is 2. The average molecular weight is 987 g/mol. The van der Waals surface area contributed by atoms with Crippen LogP contribution >= 0.6 is 0 Å². The third kappa shape index (κ3) is 11.7. The van der Waals surface area contributed by atoms with Crippen LogP contribution in [-0.2, 0) is 9.47 Å². The van der Waals surface area contributed by atoms with Crippen LogP contribution in [0.15, 0.2) is 55.9 Å². The number of nitrogens with one attached hydrogen (secondary N) is 2. The third-order valence-electron chi connectivity index (χ3n) is 14.2. The molecule has 1 saturated carbocycles. The molecule has 0 bridgehead atoms. The minimum atomic E-state index is -0.509. The Labute approximate surface area is 422 Å². The van der Waals surface area contributed by atoms with Crippen LogP contribution in [0.1, 0.15) is 182 Å². The van der Waals surface area contributed by atoms with Crippen molar-refractivity contribution in [1.29, 1.82) is 0 Å². The van der Waals surface area contributed by atoms with E-state index in [2.05, 4.69) is 74.8 Å². The van der Waals surface area contributed by atoms with E-state index in [1.807, 2.05) is 102 Å². The predicted molar refractivity (Wildman–Crippen MR) is 275 cm³/mol. The highest BCUT2D eigenvalue weighted by Gasteiger charge is 2.39. The molecule has 20 heteroatoms. The maximum Gasteiger partial charge on any atom is 0.410 e. The van der Waals surface area contributed by atoms with Gasteiger partial charge >= 0.3 is 12.2 Å². The van der Waals surface area contributed by atoms with Crippen LogP contribution in [0.25, 0.3) is 16.9 Å². The second-order valence-corrected chi connectivity index (χ2v) is 22.4. The molecule has 3 fully saturated rings. The molecule has 2 N–H and O–H groups in total. The number of piperidine rings is 2. The average Bonchev–Trinajstić information content (AvgIpc) is 4.17. The molecule has 20 nitrogen and oxygen atoms in total. The van der Waals surface area contributed by atoms with Crippen LogP contribution in [-0.4, -0.2) is 116 Å². The molecule has 2 unspecified atom stereocenters. The van der Waals surface area contributed by atoms with Gasteiger partial charge in [-0.25, -0.2) is 38.6 Å². The molecule has 2 aliphatic heterocycles. The van der Waals surface area contributed by atoms with Crippen LogP contribution in [0.3, 0.4) is 0 Å². The quantitative estimate of drug-likeness (QED) is 0.146. The number of hydrogen-bond donors (Lipinski definition) is 2. The molecule has 72 heavy (non-hydrogen) atoms. The molecule has 2 amide bonds. The molecule has 0 spiro atoms. The zero-order valence-corrected chi connectivity index (χ0v) is 43.8. The van der Waals surface area contributed by atoms with Gasteiger partial charge in [-0.05, 0) is 139 Å². The number of rotatable bonds is 8. The molecule has 6 atom stereocenters. The molecule has 6 aromatic heterocycles. The minimum Gasteiger partial charge on any atom is -0.444 e. The number of carbonyl (C=O) groups excluding carboxylic acids is 2. The predicted octanol–water partition coefficient (Wildman–Crippen LogP) is 10.8. The highest BCUT2D eigenvalue weighted by atomic mass is 16.6. The first-order valence-corrected chi connectivity index (χ1v) is 26.1. The second-order valence-electron chi connectivity index (χ2n) is 22.4. The van der Waals surface area contributed by atoms with Gasteiger partial charge in [0.2, 0.25) is 0 Å².